The molecule has 1 aliphatic heterocycles. The molecule has 0 unspecified atom stereocenters. The van der Waals surface area contributed by atoms with Gasteiger partial charge in [-0.1, -0.05) is 29.3 Å². The largest absolute Gasteiger partial charge is 0.490 e. The molecule has 0 bridgehead atoms. The number of rotatable bonds is 7. The second-order valence-corrected chi connectivity index (χ2v) is 10.8. The summed E-state index contributed by atoms with van der Waals surface area (Å²) in [6.07, 6.45) is 5.07. The van der Waals surface area contributed by atoms with Crippen molar-refractivity contribution in [1.29, 1.82) is 0 Å². The van der Waals surface area contributed by atoms with Crippen LogP contribution in [0.4, 0.5) is 10.1 Å². The van der Waals surface area contributed by atoms with E-state index in [9.17, 15) is 17.6 Å². The van der Waals surface area contributed by atoms with Crippen LogP contribution in [0.3, 0.4) is 0 Å². The lowest BCUT2D eigenvalue weighted by atomic mass is 10.1. The van der Waals surface area contributed by atoms with E-state index in [1.54, 1.807) is 4.72 Å². The van der Waals surface area contributed by atoms with Gasteiger partial charge >= 0.3 is 0 Å². The minimum Gasteiger partial charge on any atom is -0.490 e. The van der Waals surface area contributed by atoms with Gasteiger partial charge in [0.1, 0.15) is 18.2 Å². The molecule has 10 heteroatoms. The van der Waals surface area contributed by atoms with Gasteiger partial charge in [-0.25, -0.2) is 17.5 Å². The summed E-state index contributed by atoms with van der Waals surface area (Å²) >= 11 is 12.7. The van der Waals surface area contributed by atoms with Crippen molar-refractivity contribution in [3.8, 4) is 5.75 Å². The quantitative estimate of drug-likeness (QED) is 0.593. The Hall–Kier alpha value is -2.03. The fourth-order valence-corrected chi connectivity index (χ4v) is 4.99. The third-order valence-corrected chi connectivity index (χ3v) is 6.86. The molecule has 0 aromatic heterocycles. The number of hydrogen-bond donors (Lipinski definition) is 1. The van der Waals surface area contributed by atoms with Crippen LogP contribution >= 0.6 is 23.2 Å². The van der Waals surface area contributed by atoms with Crippen molar-refractivity contribution in [2.75, 3.05) is 24.3 Å². The number of carbonyl (C=O) groups is 1. The van der Waals surface area contributed by atoms with Crippen LogP contribution in [-0.2, 0) is 10.0 Å². The third kappa shape index (κ3) is 5.30. The van der Waals surface area contributed by atoms with Crippen LogP contribution in [0.5, 0.6) is 5.75 Å². The fourth-order valence-electron chi connectivity index (χ4n) is 3.99. The number of anilines is 1. The van der Waals surface area contributed by atoms with Crippen LogP contribution in [0.2, 0.25) is 10.0 Å². The van der Waals surface area contributed by atoms with Crippen molar-refractivity contribution < 1.29 is 22.3 Å². The van der Waals surface area contributed by atoms with Gasteiger partial charge in [0.05, 0.1) is 22.9 Å². The lowest BCUT2D eigenvalue weighted by Gasteiger charge is -2.27. The monoisotopic (exact) mass is 500 g/mol. The second kappa shape index (κ2) is 9.08. The van der Waals surface area contributed by atoms with Gasteiger partial charge in [-0.2, -0.15) is 0 Å². The maximum absolute atomic E-state index is 14.4. The van der Waals surface area contributed by atoms with Crippen LogP contribution in [0.1, 0.15) is 47.5 Å². The maximum Gasteiger partial charge on any atom is 0.267 e. The molecule has 1 heterocycles. The lowest BCUT2D eigenvalue weighted by molar-refractivity contribution is 0.0977. The normalized spacial score (nSPS) is 18.6. The Bertz CT molecular complexity index is 1150. The Kier molecular flexibility index (Phi) is 6.56. The number of benzene rings is 2. The SMILES string of the molecule is CS(=O)(=O)NC(=O)c1cc(Cl)c(OC[C@H]2CCCN2c2ccc(C3CC3)c(Cl)c2)cc1F. The molecule has 172 valence electrons. The highest BCUT2D eigenvalue weighted by Crippen LogP contribution is 2.44. The van der Waals surface area contributed by atoms with E-state index in [0.29, 0.717) is 5.92 Å². The number of carbonyl (C=O) groups excluding carboxylic acids is 1. The summed E-state index contributed by atoms with van der Waals surface area (Å²) in [6, 6.07) is 8.30. The highest BCUT2D eigenvalue weighted by molar-refractivity contribution is 7.89. The summed E-state index contributed by atoms with van der Waals surface area (Å²) in [5, 5.41) is 0.802. The molecule has 2 aliphatic rings. The maximum atomic E-state index is 14.4. The van der Waals surface area contributed by atoms with Crippen molar-refractivity contribution in [3.05, 3.63) is 57.3 Å². The summed E-state index contributed by atoms with van der Waals surface area (Å²) in [5.41, 5.74) is 1.75. The molecule has 32 heavy (non-hydrogen) atoms. The molecule has 6 nitrogen and oxygen atoms in total. The van der Waals surface area contributed by atoms with Crippen LogP contribution in [0.25, 0.3) is 0 Å². The number of nitrogens with zero attached hydrogens (tertiary/aromatic N) is 1. The van der Waals surface area contributed by atoms with E-state index in [2.05, 4.69) is 17.0 Å². The number of ether oxygens (including phenoxy) is 1. The first-order valence-electron chi connectivity index (χ1n) is 10.3. The van der Waals surface area contributed by atoms with Crippen molar-refractivity contribution in [2.45, 2.75) is 37.6 Å². The molecule has 2 fully saturated rings. The molecule has 2 aromatic rings. The molecule has 2 aromatic carbocycles. The number of amides is 1. The molecular formula is C22H23Cl2FN2O4S. The Morgan fingerprint density at radius 1 is 1.19 bits per heavy atom. The Morgan fingerprint density at radius 2 is 1.94 bits per heavy atom. The van der Waals surface area contributed by atoms with Gasteiger partial charge in [-0.05, 0) is 55.4 Å². The zero-order chi connectivity index (χ0) is 23.0. The molecule has 4 rings (SSSR count). The Morgan fingerprint density at radius 3 is 2.59 bits per heavy atom. The first-order valence-corrected chi connectivity index (χ1v) is 13.0. The smallest absolute Gasteiger partial charge is 0.267 e. The van der Waals surface area contributed by atoms with Gasteiger partial charge in [0, 0.05) is 23.3 Å². The molecule has 1 saturated heterocycles. The molecule has 1 amide bonds. The molecule has 1 saturated carbocycles. The first kappa shape index (κ1) is 23.1. The summed E-state index contributed by atoms with van der Waals surface area (Å²) in [7, 11) is -3.83. The average molecular weight is 501 g/mol. The molecule has 0 radical (unpaired) electrons. The standard InChI is InChI=1S/C22H23Cl2FN2O4S/c1-32(29,30)26-22(28)17-10-19(24)21(11-20(17)25)31-12-15-3-2-8-27(15)14-6-7-16(13-4-5-13)18(23)9-14/h6-7,9-11,13,15H,2-5,8,12H2,1H3,(H,26,28)/t15-/m1/s1. The second-order valence-electron chi connectivity index (χ2n) is 8.25. The van der Waals surface area contributed by atoms with Crippen LogP contribution in [0.15, 0.2) is 30.3 Å². The van der Waals surface area contributed by atoms with E-state index in [0.717, 1.165) is 48.5 Å². The number of nitrogens with one attached hydrogen (secondary N) is 1. The van der Waals surface area contributed by atoms with E-state index in [-0.39, 0.29) is 23.4 Å². The van der Waals surface area contributed by atoms with Crippen LogP contribution in [0, 0.1) is 5.82 Å². The van der Waals surface area contributed by atoms with Crippen LogP contribution < -0.4 is 14.4 Å². The van der Waals surface area contributed by atoms with Crippen molar-refractivity contribution in [1.82, 2.24) is 4.72 Å². The lowest BCUT2D eigenvalue weighted by Crippen LogP contribution is -2.34. The number of halogens is 3. The van der Waals surface area contributed by atoms with Gasteiger partial charge in [-0.3, -0.25) is 4.79 Å². The van der Waals surface area contributed by atoms with Gasteiger partial charge in [0.2, 0.25) is 10.0 Å². The highest BCUT2D eigenvalue weighted by Gasteiger charge is 2.29. The zero-order valence-electron chi connectivity index (χ0n) is 17.4. The zero-order valence-corrected chi connectivity index (χ0v) is 19.7. The van der Waals surface area contributed by atoms with Gasteiger partial charge in [0.25, 0.3) is 5.91 Å². The average Bonchev–Trinajstić information content (AvgIpc) is 3.43. The molecular weight excluding hydrogens is 478 g/mol. The van der Waals surface area contributed by atoms with Crippen molar-refractivity contribution in [3.63, 3.8) is 0 Å². The van der Waals surface area contributed by atoms with E-state index in [1.165, 1.54) is 18.4 Å². The third-order valence-electron chi connectivity index (χ3n) is 5.69. The van der Waals surface area contributed by atoms with Crippen molar-refractivity contribution >= 4 is 44.8 Å². The van der Waals surface area contributed by atoms with E-state index < -0.39 is 27.3 Å². The topological polar surface area (TPSA) is 75.7 Å². The predicted octanol–water partition coefficient (Wildman–Crippen LogP) is 4.75. The molecule has 1 atom stereocenters. The Balaban J connectivity index is 1.45. The van der Waals surface area contributed by atoms with E-state index >= 15 is 0 Å². The van der Waals surface area contributed by atoms with Gasteiger partial charge in [-0.15, -0.1) is 0 Å². The minimum absolute atomic E-state index is 0.0198. The van der Waals surface area contributed by atoms with E-state index in [1.807, 2.05) is 6.07 Å². The summed E-state index contributed by atoms with van der Waals surface area (Å²) < 4.78 is 44.4. The van der Waals surface area contributed by atoms with Gasteiger partial charge < -0.3 is 9.64 Å². The Labute approximate surface area is 196 Å². The van der Waals surface area contributed by atoms with E-state index in [4.69, 9.17) is 27.9 Å². The first-order chi connectivity index (χ1) is 15.1. The van der Waals surface area contributed by atoms with Crippen LogP contribution in [-0.4, -0.2) is 39.8 Å². The van der Waals surface area contributed by atoms with Crippen molar-refractivity contribution in [2.24, 2.45) is 0 Å². The minimum atomic E-state index is -3.83. The predicted molar refractivity (Wildman–Crippen MR) is 123 cm³/mol. The fraction of sp³-hybridized carbons (Fsp3) is 0.409. The molecule has 0 spiro atoms. The summed E-state index contributed by atoms with van der Waals surface area (Å²) in [4.78, 5) is 14.2. The molecule has 1 N–H and O–H groups in total. The van der Waals surface area contributed by atoms with Gasteiger partial charge in [0.15, 0.2) is 0 Å². The number of hydrogen-bond acceptors (Lipinski definition) is 5. The molecule has 1 aliphatic carbocycles. The number of sulfonamides is 1. The highest BCUT2D eigenvalue weighted by atomic mass is 35.5. The summed E-state index contributed by atoms with van der Waals surface area (Å²) in [6.45, 7) is 1.13. The summed E-state index contributed by atoms with van der Waals surface area (Å²) in [5.74, 6) is -1.34.